The minimum Gasteiger partial charge on any atom is -0.465 e. The number of carbonyl (C=O) groups is 1. The topological polar surface area (TPSA) is 52.3 Å². The van der Waals surface area contributed by atoms with E-state index >= 15 is 0 Å². The van der Waals surface area contributed by atoms with Crippen LogP contribution in [0.2, 0.25) is 4.34 Å². The number of hydrogen-bond acceptors (Lipinski definition) is 4. The maximum absolute atomic E-state index is 10.9. The van der Waals surface area contributed by atoms with E-state index in [0.29, 0.717) is 14.9 Å². The zero-order valence-electron chi connectivity index (χ0n) is 5.76. The lowest BCUT2D eigenvalue weighted by molar-refractivity contribution is 0.0607. The SMILES string of the molecule is COC(=O)c1sc(Cl)cc1N. The number of hydrogen-bond donors (Lipinski definition) is 1. The Kier molecular flexibility index (Phi) is 2.36. The fourth-order valence-electron chi connectivity index (χ4n) is 0.626. The molecule has 1 aromatic rings. The lowest BCUT2D eigenvalue weighted by atomic mass is 10.4. The predicted octanol–water partition coefficient (Wildman–Crippen LogP) is 1.77. The molecule has 1 aromatic heterocycles. The zero-order chi connectivity index (χ0) is 8.43. The van der Waals surface area contributed by atoms with Crippen molar-refractivity contribution in [3.05, 3.63) is 15.3 Å². The Balaban J connectivity index is 3.03. The first-order valence-corrected chi connectivity index (χ1v) is 3.97. The number of esters is 1. The number of methoxy groups -OCH3 is 1. The van der Waals surface area contributed by atoms with Crippen molar-refractivity contribution >= 4 is 34.6 Å². The van der Waals surface area contributed by atoms with Gasteiger partial charge in [0, 0.05) is 0 Å². The van der Waals surface area contributed by atoms with Crippen LogP contribution in [0, 0.1) is 0 Å². The highest BCUT2D eigenvalue weighted by Crippen LogP contribution is 2.28. The highest BCUT2D eigenvalue weighted by Gasteiger charge is 2.13. The number of nitrogen functional groups attached to an aromatic ring is 1. The molecule has 0 aromatic carbocycles. The van der Waals surface area contributed by atoms with Crippen LogP contribution >= 0.6 is 22.9 Å². The van der Waals surface area contributed by atoms with E-state index in [1.807, 2.05) is 0 Å². The van der Waals surface area contributed by atoms with Gasteiger partial charge in [-0.05, 0) is 6.07 Å². The third kappa shape index (κ3) is 1.64. The summed E-state index contributed by atoms with van der Waals surface area (Å²) in [5.41, 5.74) is 5.81. The standard InChI is InChI=1S/C6H6ClNO2S/c1-10-6(9)5-3(8)2-4(7)11-5/h2H,8H2,1H3. The molecule has 0 unspecified atom stereocenters. The average molecular weight is 192 g/mol. The van der Waals surface area contributed by atoms with Gasteiger partial charge >= 0.3 is 5.97 Å². The highest BCUT2D eigenvalue weighted by atomic mass is 35.5. The van der Waals surface area contributed by atoms with Gasteiger partial charge in [-0.15, -0.1) is 11.3 Å². The van der Waals surface area contributed by atoms with Gasteiger partial charge in [-0.2, -0.15) is 0 Å². The first-order chi connectivity index (χ1) is 5.15. The van der Waals surface area contributed by atoms with Crippen LogP contribution in [0.4, 0.5) is 5.69 Å². The van der Waals surface area contributed by atoms with Crippen LogP contribution < -0.4 is 5.73 Å². The van der Waals surface area contributed by atoms with E-state index in [0.717, 1.165) is 11.3 Å². The summed E-state index contributed by atoms with van der Waals surface area (Å²) in [5, 5.41) is 0. The van der Waals surface area contributed by atoms with Crippen LogP contribution in [0.15, 0.2) is 6.07 Å². The van der Waals surface area contributed by atoms with Gasteiger partial charge < -0.3 is 10.5 Å². The van der Waals surface area contributed by atoms with Gasteiger partial charge in [0.2, 0.25) is 0 Å². The van der Waals surface area contributed by atoms with Gasteiger partial charge in [0.15, 0.2) is 0 Å². The summed E-state index contributed by atoms with van der Waals surface area (Å²) >= 11 is 6.71. The second kappa shape index (κ2) is 3.11. The predicted molar refractivity (Wildman–Crippen MR) is 45.1 cm³/mol. The summed E-state index contributed by atoms with van der Waals surface area (Å²) in [4.78, 5) is 11.3. The van der Waals surface area contributed by atoms with Crippen molar-refractivity contribution in [3.8, 4) is 0 Å². The van der Waals surface area contributed by atoms with E-state index in [4.69, 9.17) is 17.3 Å². The monoisotopic (exact) mass is 191 g/mol. The Bertz CT molecular complexity index is 284. The number of thiophene rings is 1. The third-order valence-corrected chi connectivity index (χ3v) is 2.36. The quantitative estimate of drug-likeness (QED) is 0.689. The molecule has 0 atom stereocenters. The summed E-state index contributed by atoms with van der Waals surface area (Å²) in [6.07, 6.45) is 0. The number of ether oxygens (including phenoxy) is 1. The summed E-state index contributed by atoms with van der Waals surface area (Å²) in [6.45, 7) is 0. The summed E-state index contributed by atoms with van der Waals surface area (Å²) < 4.78 is 4.95. The number of carbonyl (C=O) groups excluding carboxylic acids is 1. The molecule has 0 spiro atoms. The first-order valence-electron chi connectivity index (χ1n) is 2.78. The molecule has 0 amide bonds. The first kappa shape index (κ1) is 8.36. The number of halogens is 1. The summed E-state index contributed by atoms with van der Waals surface area (Å²) in [5.74, 6) is -0.445. The molecule has 60 valence electrons. The molecule has 1 heterocycles. The molecule has 0 fully saturated rings. The van der Waals surface area contributed by atoms with Gasteiger partial charge in [0.1, 0.15) is 4.88 Å². The maximum Gasteiger partial charge on any atom is 0.350 e. The second-order valence-electron chi connectivity index (χ2n) is 1.83. The molecular formula is C6H6ClNO2S. The minimum atomic E-state index is -0.445. The largest absolute Gasteiger partial charge is 0.465 e. The molecule has 3 nitrogen and oxygen atoms in total. The van der Waals surface area contributed by atoms with Gasteiger partial charge in [0.25, 0.3) is 0 Å². The molecule has 0 radical (unpaired) electrons. The smallest absolute Gasteiger partial charge is 0.350 e. The van der Waals surface area contributed by atoms with E-state index < -0.39 is 5.97 Å². The molecule has 2 N–H and O–H groups in total. The lowest BCUT2D eigenvalue weighted by Gasteiger charge is -1.94. The zero-order valence-corrected chi connectivity index (χ0v) is 7.33. The van der Waals surface area contributed by atoms with Gasteiger partial charge in [0.05, 0.1) is 17.1 Å². The summed E-state index contributed by atoms with van der Waals surface area (Å²) in [6, 6.07) is 1.53. The van der Waals surface area contributed by atoms with Crippen LogP contribution in [0.5, 0.6) is 0 Å². The van der Waals surface area contributed by atoms with E-state index in [1.54, 1.807) is 0 Å². The Hall–Kier alpha value is -0.740. The van der Waals surface area contributed by atoms with Crippen molar-refractivity contribution < 1.29 is 9.53 Å². The molecule has 0 aliphatic heterocycles. The van der Waals surface area contributed by atoms with E-state index in [1.165, 1.54) is 13.2 Å². The average Bonchev–Trinajstić information content (AvgIpc) is 2.28. The van der Waals surface area contributed by atoms with Crippen molar-refractivity contribution in [2.24, 2.45) is 0 Å². The Labute approximate surface area is 72.7 Å². The number of anilines is 1. The molecule has 0 saturated carbocycles. The molecule has 0 aliphatic carbocycles. The van der Waals surface area contributed by atoms with Crippen LogP contribution in [-0.4, -0.2) is 13.1 Å². The lowest BCUT2D eigenvalue weighted by Crippen LogP contribution is -2.00. The fourth-order valence-corrected chi connectivity index (χ4v) is 1.70. The third-order valence-electron chi connectivity index (χ3n) is 1.10. The van der Waals surface area contributed by atoms with Gasteiger partial charge in [-0.1, -0.05) is 11.6 Å². The van der Waals surface area contributed by atoms with Crippen LogP contribution in [-0.2, 0) is 4.74 Å². The minimum absolute atomic E-state index is 0.359. The van der Waals surface area contributed by atoms with Crippen molar-refractivity contribution in [1.82, 2.24) is 0 Å². The van der Waals surface area contributed by atoms with Crippen molar-refractivity contribution in [1.29, 1.82) is 0 Å². The molecule has 0 bridgehead atoms. The molecular weight excluding hydrogens is 186 g/mol. The molecule has 5 heteroatoms. The number of nitrogens with two attached hydrogens (primary N) is 1. The fraction of sp³-hybridized carbons (Fsp3) is 0.167. The Morgan fingerprint density at radius 2 is 2.45 bits per heavy atom. The second-order valence-corrected chi connectivity index (χ2v) is 3.51. The molecule has 1 rings (SSSR count). The van der Waals surface area contributed by atoms with Gasteiger partial charge in [-0.25, -0.2) is 4.79 Å². The van der Waals surface area contributed by atoms with Crippen LogP contribution in [0.25, 0.3) is 0 Å². The van der Waals surface area contributed by atoms with Crippen LogP contribution in [0.3, 0.4) is 0 Å². The maximum atomic E-state index is 10.9. The Morgan fingerprint density at radius 1 is 1.82 bits per heavy atom. The Morgan fingerprint density at radius 3 is 2.82 bits per heavy atom. The van der Waals surface area contributed by atoms with E-state index in [2.05, 4.69) is 4.74 Å². The highest BCUT2D eigenvalue weighted by molar-refractivity contribution is 7.18. The van der Waals surface area contributed by atoms with Crippen molar-refractivity contribution in [2.75, 3.05) is 12.8 Å². The van der Waals surface area contributed by atoms with Crippen molar-refractivity contribution in [2.45, 2.75) is 0 Å². The van der Waals surface area contributed by atoms with Crippen LogP contribution in [0.1, 0.15) is 9.67 Å². The van der Waals surface area contributed by atoms with E-state index in [9.17, 15) is 4.79 Å². The molecule has 0 aliphatic rings. The van der Waals surface area contributed by atoms with Gasteiger partial charge in [-0.3, -0.25) is 0 Å². The normalized spacial score (nSPS) is 9.64. The number of rotatable bonds is 1. The molecule has 11 heavy (non-hydrogen) atoms. The molecule has 0 saturated heterocycles. The summed E-state index contributed by atoms with van der Waals surface area (Å²) in [7, 11) is 1.30. The van der Waals surface area contributed by atoms with E-state index in [-0.39, 0.29) is 0 Å². The van der Waals surface area contributed by atoms with Crippen molar-refractivity contribution in [3.63, 3.8) is 0 Å².